The van der Waals surface area contributed by atoms with Gasteiger partial charge in [-0.15, -0.1) is 0 Å². The largest absolute Gasteiger partial charge is 0.310 e. The molecule has 1 N–H and O–H groups in total. The van der Waals surface area contributed by atoms with E-state index >= 15 is 0 Å². The monoisotopic (exact) mass is 306 g/mol. The van der Waals surface area contributed by atoms with Gasteiger partial charge in [0.1, 0.15) is 5.82 Å². The molecule has 1 unspecified atom stereocenters. The number of rotatable bonds is 6. The Hall–Kier alpha value is -1.45. The van der Waals surface area contributed by atoms with Crippen LogP contribution in [0.15, 0.2) is 36.7 Å². The molecule has 0 saturated carbocycles. The fourth-order valence-electron chi connectivity index (χ4n) is 2.42. The highest BCUT2D eigenvalue weighted by atomic mass is 35.5. The van der Waals surface area contributed by atoms with Crippen LogP contribution >= 0.6 is 11.6 Å². The second kappa shape index (κ2) is 7.53. The van der Waals surface area contributed by atoms with Crippen molar-refractivity contribution in [3.8, 4) is 0 Å². The Morgan fingerprint density at radius 2 is 2.14 bits per heavy atom. The van der Waals surface area contributed by atoms with Crippen LogP contribution in [0.25, 0.3) is 0 Å². The molecule has 0 aliphatic carbocycles. The first-order chi connectivity index (χ1) is 10.1. The van der Waals surface area contributed by atoms with E-state index in [2.05, 4.69) is 17.2 Å². The molecule has 2 nitrogen and oxygen atoms in total. The van der Waals surface area contributed by atoms with E-state index in [1.807, 2.05) is 19.2 Å². The van der Waals surface area contributed by atoms with E-state index in [1.165, 1.54) is 6.07 Å². The lowest BCUT2D eigenvalue weighted by Gasteiger charge is -2.21. The SMILES string of the molecule is CCCNC(Cc1c(F)cccc1Cl)c1ccncc1C. The molecule has 1 aromatic carbocycles. The topological polar surface area (TPSA) is 24.9 Å². The summed E-state index contributed by atoms with van der Waals surface area (Å²) in [6.07, 6.45) is 5.15. The number of nitrogens with one attached hydrogen (secondary N) is 1. The molecular weight excluding hydrogens is 287 g/mol. The highest BCUT2D eigenvalue weighted by Gasteiger charge is 2.17. The van der Waals surface area contributed by atoms with E-state index in [9.17, 15) is 4.39 Å². The van der Waals surface area contributed by atoms with Crippen LogP contribution in [-0.4, -0.2) is 11.5 Å². The van der Waals surface area contributed by atoms with Gasteiger partial charge < -0.3 is 5.32 Å². The van der Waals surface area contributed by atoms with Gasteiger partial charge in [-0.2, -0.15) is 0 Å². The summed E-state index contributed by atoms with van der Waals surface area (Å²) in [7, 11) is 0. The molecule has 1 aromatic heterocycles. The summed E-state index contributed by atoms with van der Waals surface area (Å²) >= 11 is 6.15. The predicted octanol–water partition coefficient (Wildman–Crippen LogP) is 4.47. The molecule has 0 amide bonds. The average Bonchev–Trinajstić information content (AvgIpc) is 2.47. The second-order valence-corrected chi connectivity index (χ2v) is 5.55. The van der Waals surface area contributed by atoms with Crippen LogP contribution in [0.4, 0.5) is 4.39 Å². The number of aromatic nitrogens is 1. The minimum absolute atomic E-state index is 0.0300. The van der Waals surface area contributed by atoms with Gasteiger partial charge in [-0.1, -0.05) is 24.6 Å². The predicted molar refractivity (Wildman–Crippen MR) is 85.1 cm³/mol. The van der Waals surface area contributed by atoms with Gasteiger partial charge in [-0.3, -0.25) is 4.98 Å². The molecule has 2 aromatic rings. The Bertz CT molecular complexity index is 581. The zero-order valence-electron chi connectivity index (χ0n) is 12.4. The van der Waals surface area contributed by atoms with Crippen LogP contribution in [0.1, 0.15) is 36.1 Å². The van der Waals surface area contributed by atoms with Gasteiger partial charge in [-0.05, 0) is 55.6 Å². The van der Waals surface area contributed by atoms with E-state index in [0.717, 1.165) is 24.1 Å². The maximum atomic E-state index is 14.0. The van der Waals surface area contributed by atoms with Crippen molar-refractivity contribution in [3.05, 3.63) is 64.2 Å². The number of halogens is 2. The van der Waals surface area contributed by atoms with E-state index in [1.54, 1.807) is 18.3 Å². The van der Waals surface area contributed by atoms with Gasteiger partial charge in [0.15, 0.2) is 0 Å². The van der Waals surface area contributed by atoms with Crippen molar-refractivity contribution in [3.63, 3.8) is 0 Å². The van der Waals surface area contributed by atoms with Crippen LogP contribution in [-0.2, 0) is 6.42 Å². The molecule has 112 valence electrons. The fourth-order valence-corrected chi connectivity index (χ4v) is 2.66. The molecule has 0 radical (unpaired) electrons. The number of pyridine rings is 1. The number of hydrogen-bond acceptors (Lipinski definition) is 2. The summed E-state index contributed by atoms with van der Waals surface area (Å²) in [4.78, 5) is 4.12. The maximum Gasteiger partial charge on any atom is 0.127 e. The summed E-state index contributed by atoms with van der Waals surface area (Å²) in [5, 5.41) is 3.95. The van der Waals surface area contributed by atoms with Crippen molar-refractivity contribution in [1.29, 1.82) is 0 Å². The summed E-state index contributed by atoms with van der Waals surface area (Å²) in [5.74, 6) is -0.252. The molecule has 0 spiro atoms. The van der Waals surface area contributed by atoms with Gasteiger partial charge in [0.05, 0.1) is 0 Å². The lowest BCUT2D eigenvalue weighted by Crippen LogP contribution is -2.25. The van der Waals surface area contributed by atoms with E-state index < -0.39 is 0 Å². The Morgan fingerprint density at radius 1 is 1.33 bits per heavy atom. The molecule has 0 aliphatic rings. The molecule has 0 bridgehead atoms. The number of nitrogens with zero attached hydrogens (tertiary/aromatic N) is 1. The first-order valence-electron chi connectivity index (χ1n) is 7.20. The Kier molecular flexibility index (Phi) is 5.71. The molecule has 1 atom stereocenters. The third-order valence-corrected chi connectivity index (χ3v) is 3.90. The number of aryl methyl sites for hydroxylation is 1. The van der Waals surface area contributed by atoms with E-state index in [0.29, 0.717) is 17.0 Å². The third kappa shape index (κ3) is 4.02. The maximum absolute atomic E-state index is 14.0. The van der Waals surface area contributed by atoms with E-state index in [-0.39, 0.29) is 11.9 Å². The summed E-state index contributed by atoms with van der Waals surface area (Å²) in [5.41, 5.74) is 2.79. The Labute approximate surface area is 130 Å². The number of benzene rings is 1. The first kappa shape index (κ1) is 15.9. The van der Waals surface area contributed by atoms with Crippen molar-refractivity contribution < 1.29 is 4.39 Å². The molecular formula is C17H20ClFN2. The highest BCUT2D eigenvalue weighted by Crippen LogP contribution is 2.27. The average molecular weight is 307 g/mol. The fraction of sp³-hybridized carbons (Fsp3) is 0.353. The normalized spacial score (nSPS) is 12.4. The molecule has 1 heterocycles. The van der Waals surface area contributed by atoms with Gasteiger partial charge >= 0.3 is 0 Å². The summed E-state index contributed by atoms with van der Waals surface area (Å²) in [6.45, 7) is 5.00. The van der Waals surface area contributed by atoms with Gasteiger partial charge in [-0.25, -0.2) is 4.39 Å². The summed E-state index contributed by atoms with van der Waals surface area (Å²) < 4.78 is 14.0. The smallest absolute Gasteiger partial charge is 0.127 e. The van der Waals surface area contributed by atoms with Gasteiger partial charge in [0, 0.05) is 29.0 Å². The standard InChI is InChI=1S/C17H20ClFN2/c1-3-8-21-17(13-7-9-20-11-12(13)2)10-14-15(18)5-4-6-16(14)19/h4-7,9,11,17,21H,3,8,10H2,1-2H3. The Balaban J connectivity index is 2.31. The van der Waals surface area contributed by atoms with Gasteiger partial charge in [0.25, 0.3) is 0 Å². The molecule has 0 fully saturated rings. The van der Waals surface area contributed by atoms with Crippen molar-refractivity contribution >= 4 is 11.6 Å². The van der Waals surface area contributed by atoms with Crippen molar-refractivity contribution in [2.24, 2.45) is 0 Å². The minimum Gasteiger partial charge on any atom is -0.310 e. The zero-order chi connectivity index (χ0) is 15.2. The van der Waals surface area contributed by atoms with Crippen LogP contribution in [0.5, 0.6) is 0 Å². The van der Waals surface area contributed by atoms with Crippen LogP contribution in [0.2, 0.25) is 5.02 Å². The van der Waals surface area contributed by atoms with Gasteiger partial charge in [0.2, 0.25) is 0 Å². The molecule has 21 heavy (non-hydrogen) atoms. The zero-order valence-corrected chi connectivity index (χ0v) is 13.1. The highest BCUT2D eigenvalue weighted by molar-refractivity contribution is 6.31. The lowest BCUT2D eigenvalue weighted by molar-refractivity contribution is 0.511. The van der Waals surface area contributed by atoms with E-state index in [4.69, 9.17) is 11.6 Å². The van der Waals surface area contributed by atoms with Crippen molar-refractivity contribution in [2.45, 2.75) is 32.7 Å². The summed E-state index contributed by atoms with van der Waals surface area (Å²) in [6, 6.07) is 6.83. The van der Waals surface area contributed by atoms with Crippen molar-refractivity contribution in [1.82, 2.24) is 10.3 Å². The quantitative estimate of drug-likeness (QED) is 0.852. The van der Waals surface area contributed by atoms with Crippen LogP contribution < -0.4 is 5.32 Å². The third-order valence-electron chi connectivity index (χ3n) is 3.55. The molecule has 4 heteroatoms. The molecule has 0 saturated heterocycles. The second-order valence-electron chi connectivity index (χ2n) is 5.14. The molecule has 2 rings (SSSR count). The number of hydrogen-bond donors (Lipinski definition) is 1. The Morgan fingerprint density at radius 3 is 2.81 bits per heavy atom. The molecule has 0 aliphatic heterocycles. The lowest BCUT2D eigenvalue weighted by atomic mass is 9.96. The van der Waals surface area contributed by atoms with Crippen molar-refractivity contribution in [2.75, 3.05) is 6.54 Å². The van der Waals surface area contributed by atoms with Crippen LogP contribution in [0.3, 0.4) is 0 Å². The van der Waals surface area contributed by atoms with Crippen LogP contribution in [0, 0.1) is 12.7 Å². The first-order valence-corrected chi connectivity index (χ1v) is 7.58. The minimum atomic E-state index is -0.252.